The summed E-state index contributed by atoms with van der Waals surface area (Å²) in [4.78, 5) is 39.8. The summed E-state index contributed by atoms with van der Waals surface area (Å²) in [5, 5.41) is 5.07. The van der Waals surface area contributed by atoms with Crippen LogP contribution in [0.5, 0.6) is 0 Å². The Hall–Kier alpha value is -4.15. The van der Waals surface area contributed by atoms with Crippen LogP contribution in [0.4, 0.5) is 19.7 Å². The third-order valence-electron chi connectivity index (χ3n) is 4.97. The average Bonchev–Trinajstić information content (AvgIpc) is 3.32. The highest BCUT2D eigenvalue weighted by atomic mass is 19.1. The molecule has 0 saturated carbocycles. The number of ether oxygens (including phenoxy) is 1. The Balaban J connectivity index is 0.00000306. The molecule has 1 fully saturated rings. The second-order valence-electron chi connectivity index (χ2n) is 7.35. The Morgan fingerprint density at radius 2 is 2.03 bits per heavy atom. The number of carbonyl (C=O) groups is 3. The number of anilines is 1. The highest BCUT2D eigenvalue weighted by molar-refractivity contribution is 5.90. The molecule has 0 unspecified atom stereocenters. The maximum absolute atomic E-state index is 15.0. The van der Waals surface area contributed by atoms with Crippen molar-refractivity contribution in [3.8, 4) is 11.1 Å². The molecule has 1 atom stereocenters. The fourth-order valence-corrected chi connectivity index (χ4v) is 3.47. The summed E-state index contributed by atoms with van der Waals surface area (Å²) in [7, 11) is 0. The van der Waals surface area contributed by atoms with Crippen LogP contribution in [0, 0.1) is 5.82 Å². The van der Waals surface area contributed by atoms with Crippen LogP contribution in [0.25, 0.3) is 16.8 Å². The van der Waals surface area contributed by atoms with Crippen molar-refractivity contribution in [3.05, 3.63) is 54.2 Å². The van der Waals surface area contributed by atoms with Crippen LogP contribution in [-0.2, 0) is 16.1 Å². The van der Waals surface area contributed by atoms with Crippen molar-refractivity contribution in [2.24, 2.45) is 5.73 Å². The monoisotopic (exact) mass is 456 g/mol. The molecule has 3 aromatic rings. The summed E-state index contributed by atoms with van der Waals surface area (Å²) in [5.41, 5.74) is 7.65. The Morgan fingerprint density at radius 3 is 2.73 bits per heavy atom. The van der Waals surface area contributed by atoms with Gasteiger partial charge in [0.15, 0.2) is 0 Å². The third kappa shape index (κ3) is 5.20. The zero-order chi connectivity index (χ0) is 22.8. The molecule has 33 heavy (non-hydrogen) atoms. The molecule has 10 nitrogen and oxygen atoms in total. The molecule has 0 bridgehead atoms. The highest BCUT2D eigenvalue weighted by Gasteiger charge is 2.32. The number of carbonyl (C=O) groups excluding carboxylic acids is 3. The zero-order valence-electron chi connectivity index (χ0n) is 17.2. The number of benzene rings is 1. The molecule has 1 aliphatic rings. The molecule has 4 N–H and O–H groups in total. The lowest BCUT2D eigenvalue weighted by Crippen LogP contribution is -2.33. The van der Waals surface area contributed by atoms with Gasteiger partial charge in [-0.3, -0.25) is 9.69 Å². The van der Waals surface area contributed by atoms with Gasteiger partial charge in [-0.05, 0) is 30.3 Å². The maximum Gasteiger partial charge on any atom is 0.414 e. The maximum atomic E-state index is 15.0. The lowest BCUT2D eigenvalue weighted by molar-refractivity contribution is -0.119. The van der Waals surface area contributed by atoms with E-state index < -0.39 is 24.0 Å². The number of aromatic nitrogens is 2. The number of hydrogen-bond acceptors (Lipinski definition) is 5. The van der Waals surface area contributed by atoms with E-state index in [0.717, 1.165) is 0 Å². The number of urea groups is 1. The van der Waals surface area contributed by atoms with Gasteiger partial charge < -0.3 is 25.5 Å². The second kappa shape index (κ2) is 9.55. The molecule has 0 aliphatic carbocycles. The van der Waals surface area contributed by atoms with E-state index in [1.807, 2.05) is 0 Å². The van der Waals surface area contributed by atoms with Crippen LogP contribution in [0.3, 0.4) is 0 Å². The van der Waals surface area contributed by atoms with Gasteiger partial charge in [0, 0.05) is 30.4 Å². The van der Waals surface area contributed by atoms with Crippen molar-refractivity contribution in [2.45, 2.75) is 27.0 Å². The van der Waals surface area contributed by atoms with Crippen molar-refractivity contribution in [2.75, 3.05) is 18.0 Å². The molecular formula is C22H25FN6O4. The Bertz CT molecular complexity index is 1210. The van der Waals surface area contributed by atoms with Crippen molar-refractivity contribution >= 4 is 29.4 Å². The van der Waals surface area contributed by atoms with Gasteiger partial charge in [-0.25, -0.2) is 19.0 Å². The normalized spacial score (nSPS) is 15.2. The zero-order valence-corrected chi connectivity index (χ0v) is 17.2. The Kier molecular flexibility index (Phi) is 6.80. The molecule has 1 aliphatic heterocycles. The number of cyclic esters (lactones) is 1. The van der Waals surface area contributed by atoms with Crippen molar-refractivity contribution in [3.63, 3.8) is 0 Å². The van der Waals surface area contributed by atoms with Gasteiger partial charge in [0.05, 0.1) is 31.0 Å². The minimum atomic E-state index is -0.645. The van der Waals surface area contributed by atoms with E-state index >= 15 is 0 Å². The van der Waals surface area contributed by atoms with Crippen LogP contribution in [0.1, 0.15) is 20.0 Å². The minimum Gasteiger partial charge on any atom is -0.442 e. The summed E-state index contributed by atoms with van der Waals surface area (Å²) in [6, 6.07) is 7.33. The number of nitrogens with two attached hydrogens (primary N) is 1. The fraction of sp³-hybridized carbons (Fsp3) is 0.273. The predicted octanol–water partition coefficient (Wildman–Crippen LogP) is 2.41. The molecule has 3 heterocycles. The Labute approximate surface area is 189 Å². The molecular weight excluding hydrogens is 431 g/mol. The summed E-state index contributed by atoms with van der Waals surface area (Å²) in [6.45, 7) is 1.97. The molecule has 4 rings (SSSR count). The van der Waals surface area contributed by atoms with E-state index in [4.69, 9.17) is 10.5 Å². The van der Waals surface area contributed by atoms with E-state index in [0.29, 0.717) is 28.2 Å². The van der Waals surface area contributed by atoms with Crippen LogP contribution in [-0.4, -0.2) is 46.6 Å². The van der Waals surface area contributed by atoms with Gasteiger partial charge >= 0.3 is 12.1 Å². The molecule has 4 amide bonds. The first-order chi connectivity index (χ1) is 15.3. The van der Waals surface area contributed by atoms with Gasteiger partial charge in [-0.2, -0.15) is 0 Å². The smallest absolute Gasteiger partial charge is 0.414 e. The highest BCUT2D eigenvalue weighted by Crippen LogP contribution is 2.29. The summed E-state index contributed by atoms with van der Waals surface area (Å²) in [5.74, 6) is -0.725. The number of primary amides is 1. The summed E-state index contributed by atoms with van der Waals surface area (Å²) < 4.78 is 21.9. The lowest BCUT2D eigenvalue weighted by atomic mass is 10.1. The molecule has 1 aromatic carbocycles. The number of halogens is 1. The van der Waals surface area contributed by atoms with Gasteiger partial charge in [0.25, 0.3) is 0 Å². The number of hydrogen-bond donors (Lipinski definition) is 3. The van der Waals surface area contributed by atoms with E-state index in [1.165, 1.54) is 17.9 Å². The molecule has 0 radical (unpaired) electrons. The van der Waals surface area contributed by atoms with E-state index in [2.05, 4.69) is 15.6 Å². The molecule has 2 aromatic heterocycles. The first-order valence-electron chi connectivity index (χ1n) is 9.83. The average molecular weight is 456 g/mol. The van der Waals surface area contributed by atoms with Crippen molar-refractivity contribution < 1.29 is 23.5 Å². The number of amides is 4. The minimum absolute atomic E-state index is 0. The lowest BCUT2D eigenvalue weighted by Gasteiger charge is -2.14. The summed E-state index contributed by atoms with van der Waals surface area (Å²) >= 11 is 0. The first-order valence-corrected chi connectivity index (χ1v) is 9.83. The Morgan fingerprint density at radius 1 is 1.24 bits per heavy atom. The van der Waals surface area contributed by atoms with Gasteiger partial charge in [0.2, 0.25) is 5.91 Å². The number of imidazole rings is 1. The predicted molar refractivity (Wildman–Crippen MR) is 120 cm³/mol. The standard InChI is InChI=1S/C21H21FN6O4.CH4/c1-12(29)24-8-16-11-28(21(31)32-16)15-3-4-17(18(22)6-15)13-2-5-19-26-14(7-25-20(23)30)10-27(19)9-13;/h2-6,9-10,16H,7-8,11H2,1H3,(H,24,29)(H3,23,25,30);1H4/t16-;/m0./s1. The molecule has 1 saturated heterocycles. The quantitative estimate of drug-likeness (QED) is 0.524. The summed E-state index contributed by atoms with van der Waals surface area (Å²) in [6.07, 6.45) is 2.35. The number of nitrogens with one attached hydrogen (secondary N) is 2. The fourth-order valence-electron chi connectivity index (χ4n) is 3.47. The van der Waals surface area contributed by atoms with Crippen LogP contribution >= 0.6 is 0 Å². The molecule has 0 spiro atoms. The van der Waals surface area contributed by atoms with Gasteiger partial charge in [-0.1, -0.05) is 7.43 Å². The van der Waals surface area contributed by atoms with Crippen LogP contribution in [0.2, 0.25) is 0 Å². The molecule has 11 heteroatoms. The number of rotatable bonds is 6. The van der Waals surface area contributed by atoms with E-state index in [9.17, 15) is 18.8 Å². The second-order valence-corrected chi connectivity index (χ2v) is 7.35. The number of fused-ring (bicyclic) bond motifs is 1. The van der Waals surface area contributed by atoms with E-state index in [1.54, 1.807) is 41.1 Å². The van der Waals surface area contributed by atoms with Crippen LogP contribution in [0.15, 0.2) is 42.7 Å². The third-order valence-corrected chi connectivity index (χ3v) is 4.97. The number of nitrogens with zero attached hydrogens (tertiary/aromatic N) is 3. The van der Waals surface area contributed by atoms with Gasteiger partial charge in [0.1, 0.15) is 17.6 Å². The van der Waals surface area contributed by atoms with E-state index in [-0.39, 0.29) is 33.0 Å². The molecule has 174 valence electrons. The van der Waals surface area contributed by atoms with Crippen LogP contribution < -0.4 is 21.3 Å². The van der Waals surface area contributed by atoms with Crippen molar-refractivity contribution in [1.29, 1.82) is 0 Å². The number of pyridine rings is 1. The largest absolute Gasteiger partial charge is 0.442 e. The SMILES string of the molecule is C.CC(=O)NC[C@H]1CN(c2ccc(-c3ccc4nc(CNC(N)=O)cn4c3)c(F)c2)C(=O)O1. The van der Waals surface area contributed by atoms with Gasteiger partial charge in [-0.15, -0.1) is 0 Å². The topological polar surface area (TPSA) is 131 Å². The first kappa shape index (κ1) is 23.5. The van der Waals surface area contributed by atoms with Crippen molar-refractivity contribution in [1.82, 2.24) is 20.0 Å².